The highest BCUT2D eigenvalue weighted by Gasteiger charge is 2.34. The predicted octanol–water partition coefficient (Wildman–Crippen LogP) is 2.07. The van der Waals surface area contributed by atoms with E-state index < -0.39 is 11.9 Å². The van der Waals surface area contributed by atoms with Crippen molar-refractivity contribution in [1.82, 2.24) is 4.98 Å². The van der Waals surface area contributed by atoms with Crippen LogP contribution in [0.5, 0.6) is 5.75 Å². The van der Waals surface area contributed by atoms with Gasteiger partial charge in [0.2, 0.25) is 5.91 Å². The number of amides is 2. The summed E-state index contributed by atoms with van der Waals surface area (Å²) in [7, 11) is 0. The van der Waals surface area contributed by atoms with Crippen LogP contribution < -0.4 is 20.7 Å². The second-order valence-corrected chi connectivity index (χ2v) is 5.66. The van der Waals surface area contributed by atoms with Crippen molar-refractivity contribution in [3.8, 4) is 5.75 Å². The van der Waals surface area contributed by atoms with E-state index in [9.17, 15) is 9.59 Å². The Balaban J connectivity index is 1.88. The number of nitrogens with two attached hydrogens (primary N) is 1. The minimum absolute atomic E-state index is 0.164. The number of ether oxygens (including phenoxy) is 1. The third-order valence-electron chi connectivity index (χ3n) is 3.61. The van der Waals surface area contributed by atoms with E-state index >= 15 is 0 Å². The molecule has 0 fully saturated rings. The number of rotatable bonds is 3. The van der Waals surface area contributed by atoms with Crippen LogP contribution in [0.2, 0.25) is 5.02 Å². The van der Waals surface area contributed by atoms with Gasteiger partial charge in [0.25, 0.3) is 5.91 Å². The first kappa shape index (κ1) is 16.1. The zero-order chi connectivity index (χ0) is 17.3. The third-order valence-corrected chi connectivity index (χ3v) is 3.94. The summed E-state index contributed by atoms with van der Waals surface area (Å²) in [5, 5.41) is 3.12. The molecule has 3 N–H and O–H groups in total. The number of fused-ring (bicyclic) bond motifs is 1. The molecule has 1 aromatic carbocycles. The van der Waals surface area contributed by atoms with Crippen LogP contribution in [-0.4, -0.2) is 29.4 Å². The Morgan fingerprint density at radius 3 is 2.88 bits per heavy atom. The first-order valence-corrected chi connectivity index (χ1v) is 7.62. The Morgan fingerprint density at radius 2 is 2.12 bits per heavy atom. The number of hydrogen-bond acceptors (Lipinski definition) is 5. The Hall–Kier alpha value is -2.80. The highest BCUT2D eigenvalue weighted by molar-refractivity contribution is 6.33. The van der Waals surface area contributed by atoms with Gasteiger partial charge in [0.15, 0.2) is 18.2 Å². The lowest BCUT2D eigenvalue weighted by Gasteiger charge is -2.32. The summed E-state index contributed by atoms with van der Waals surface area (Å²) in [5.41, 5.74) is 6.16. The maximum atomic E-state index is 12.5. The number of nitrogens with one attached hydrogen (secondary N) is 1. The molecule has 0 spiro atoms. The smallest absolute Gasteiger partial charge is 0.266 e. The quantitative estimate of drug-likeness (QED) is 0.886. The van der Waals surface area contributed by atoms with Crippen LogP contribution in [-0.2, 0) is 9.59 Å². The second-order valence-electron chi connectivity index (χ2n) is 5.26. The highest BCUT2D eigenvalue weighted by atomic mass is 35.5. The molecule has 0 bridgehead atoms. The molecule has 2 aromatic rings. The van der Waals surface area contributed by atoms with Crippen LogP contribution in [0, 0.1) is 0 Å². The van der Waals surface area contributed by atoms with Gasteiger partial charge in [-0.15, -0.1) is 0 Å². The van der Waals surface area contributed by atoms with Crippen molar-refractivity contribution in [2.45, 2.75) is 13.0 Å². The van der Waals surface area contributed by atoms with Gasteiger partial charge in [0.1, 0.15) is 11.9 Å². The summed E-state index contributed by atoms with van der Waals surface area (Å²) in [5.74, 6) is 0.0981. The lowest BCUT2D eigenvalue weighted by Crippen LogP contribution is -2.50. The summed E-state index contributed by atoms with van der Waals surface area (Å²) in [6.45, 7) is 1.44. The number of hydrogen-bond donors (Lipinski definition) is 2. The highest BCUT2D eigenvalue weighted by Crippen LogP contribution is 2.32. The van der Waals surface area contributed by atoms with Crippen LogP contribution >= 0.6 is 11.6 Å². The fourth-order valence-electron chi connectivity index (χ4n) is 2.38. The van der Waals surface area contributed by atoms with Crippen molar-refractivity contribution < 1.29 is 14.3 Å². The molecule has 1 aliphatic heterocycles. The Labute approximate surface area is 143 Å². The number of anilines is 3. The number of nitrogen functional groups attached to an aromatic ring is 1. The zero-order valence-electron chi connectivity index (χ0n) is 12.8. The van der Waals surface area contributed by atoms with E-state index in [0.717, 1.165) is 0 Å². The van der Waals surface area contributed by atoms with Gasteiger partial charge in [-0.1, -0.05) is 23.7 Å². The van der Waals surface area contributed by atoms with Crippen molar-refractivity contribution in [2.24, 2.45) is 0 Å². The Morgan fingerprint density at radius 1 is 1.38 bits per heavy atom. The molecule has 0 saturated heterocycles. The first-order chi connectivity index (χ1) is 11.5. The van der Waals surface area contributed by atoms with Crippen LogP contribution in [0.4, 0.5) is 17.3 Å². The molecule has 3 rings (SSSR count). The van der Waals surface area contributed by atoms with Gasteiger partial charge in [-0.3, -0.25) is 14.5 Å². The number of benzene rings is 1. The normalized spacial score (nSPS) is 14.6. The molecule has 1 aliphatic rings. The first-order valence-electron chi connectivity index (χ1n) is 7.24. The fraction of sp³-hybridized carbons (Fsp3) is 0.188. The van der Waals surface area contributed by atoms with Crippen LogP contribution in [0.3, 0.4) is 0 Å². The van der Waals surface area contributed by atoms with Gasteiger partial charge < -0.3 is 15.8 Å². The van der Waals surface area contributed by atoms with Gasteiger partial charge in [-0.05, 0) is 31.2 Å². The van der Waals surface area contributed by atoms with Crippen molar-refractivity contribution in [3.63, 3.8) is 0 Å². The van der Waals surface area contributed by atoms with E-state index in [-0.39, 0.29) is 24.1 Å². The molecule has 7 nitrogen and oxygen atoms in total. The molecule has 2 heterocycles. The number of aromatic nitrogens is 1. The van der Waals surface area contributed by atoms with Gasteiger partial charge >= 0.3 is 0 Å². The number of pyridine rings is 1. The molecule has 0 saturated carbocycles. The second kappa shape index (κ2) is 6.37. The average molecular weight is 347 g/mol. The van der Waals surface area contributed by atoms with E-state index in [1.54, 1.807) is 43.3 Å². The maximum absolute atomic E-state index is 12.5. The molecule has 24 heavy (non-hydrogen) atoms. The fourth-order valence-corrected chi connectivity index (χ4v) is 2.56. The van der Waals surface area contributed by atoms with Crippen molar-refractivity contribution >= 4 is 40.7 Å². The van der Waals surface area contributed by atoms with E-state index in [4.69, 9.17) is 22.1 Å². The average Bonchev–Trinajstić information content (AvgIpc) is 2.56. The van der Waals surface area contributed by atoms with Gasteiger partial charge in [0, 0.05) is 0 Å². The standard InChI is InChI=1S/C16H15ClN4O3/c1-9(16(23)19-11-5-3-2-4-10(11)17)21-14(22)8-24-12-6-7-13(18)20-15(12)21/h2-7,9H,8H2,1H3,(H2,18,20)(H,19,23). The SMILES string of the molecule is CC(C(=O)Nc1ccccc1Cl)N1C(=O)COc2ccc(N)nc21. The monoisotopic (exact) mass is 346 g/mol. The summed E-state index contributed by atoms with van der Waals surface area (Å²) in [6, 6.07) is 9.24. The third kappa shape index (κ3) is 2.98. The molecule has 1 unspecified atom stereocenters. The molecule has 0 radical (unpaired) electrons. The topological polar surface area (TPSA) is 97.5 Å². The number of halogens is 1. The van der Waals surface area contributed by atoms with Gasteiger partial charge in [0.05, 0.1) is 10.7 Å². The van der Waals surface area contributed by atoms with Crippen molar-refractivity contribution in [2.75, 3.05) is 22.6 Å². The van der Waals surface area contributed by atoms with Crippen LogP contribution in [0.1, 0.15) is 6.92 Å². The summed E-state index contributed by atoms with van der Waals surface area (Å²) >= 11 is 6.05. The van der Waals surface area contributed by atoms with Crippen molar-refractivity contribution in [3.05, 3.63) is 41.4 Å². The number of nitrogens with zero attached hydrogens (tertiary/aromatic N) is 2. The summed E-state index contributed by atoms with van der Waals surface area (Å²) in [6.07, 6.45) is 0. The molecule has 2 amide bonds. The molecule has 0 aliphatic carbocycles. The van der Waals surface area contributed by atoms with Gasteiger partial charge in [-0.25, -0.2) is 4.98 Å². The summed E-state index contributed by atoms with van der Waals surface area (Å²) in [4.78, 5) is 30.2. The predicted molar refractivity (Wildman–Crippen MR) is 91.2 cm³/mol. The largest absolute Gasteiger partial charge is 0.480 e. The Bertz CT molecular complexity index is 812. The lowest BCUT2D eigenvalue weighted by atomic mass is 10.2. The lowest BCUT2D eigenvalue weighted by molar-refractivity contribution is -0.125. The number of carbonyl (C=O) groups excluding carboxylic acids is 2. The number of carbonyl (C=O) groups is 2. The zero-order valence-corrected chi connectivity index (χ0v) is 13.6. The molecule has 1 atom stereocenters. The molecule has 1 aromatic heterocycles. The molecule has 124 valence electrons. The Kier molecular flexibility index (Phi) is 4.26. The van der Waals surface area contributed by atoms with Crippen LogP contribution in [0.25, 0.3) is 0 Å². The van der Waals surface area contributed by atoms with E-state index in [1.165, 1.54) is 4.90 Å². The molecular weight excluding hydrogens is 332 g/mol. The molecular formula is C16H15ClN4O3. The van der Waals surface area contributed by atoms with E-state index in [2.05, 4.69) is 10.3 Å². The van der Waals surface area contributed by atoms with E-state index in [0.29, 0.717) is 16.5 Å². The molecule has 8 heteroatoms. The minimum Gasteiger partial charge on any atom is -0.480 e. The van der Waals surface area contributed by atoms with Crippen LogP contribution in [0.15, 0.2) is 36.4 Å². The minimum atomic E-state index is -0.814. The van der Waals surface area contributed by atoms with E-state index in [1.807, 2.05) is 0 Å². The van der Waals surface area contributed by atoms with Crippen molar-refractivity contribution in [1.29, 1.82) is 0 Å². The van der Waals surface area contributed by atoms with Gasteiger partial charge in [-0.2, -0.15) is 0 Å². The number of para-hydroxylation sites is 1. The summed E-state index contributed by atoms with van der Waals surface area (Å²) < 4.78 is 5.33. The maximum Gasteiger partial charge on any atom is 0.266 e.